The summed E-state index contributed by atoms with van der Waals surface area (Å²) in [6.07, 6.45) is 5.06. The third-order valence-electron chi connectivity index (χ3n) is 5.54. The van der Waals surface area contributed by atoms with Gasteiger partial charge >= 0.3 is 0 Å². The van der Waals surface area contributed by atoms with Crippen molar-refractivity contribution in [3.63, 3.8) is 0 Å². The van der Waals surface area contributed by atoms with Crippen LogP contribution in [0, 0.1) is 11.8 Å². The van der Waals surface area contributed by atoms with E-state index in [2.05, 4.69) is 17.8 Å². The van der Waals surface area contributed by atoms with E-state index in [1.165, 1.54) is 25.7 Å². The van der Waals surface area contributed by atoms with Crippen molar-refractivity contribution in [1.82, 2.24) is 20.7 Å². The maximum atomic E-state index is 12.5. The molecule has 0 bridgehead atoms. The number of nitrogens with zero attached hydrogens (tertiary/aromatic N) is 2. The van der Waals surface area contributed by atoms with Gasteiger partial charge in [0.25, 0.3) is 5.91 Å². The molecular formula is C16H27ClN4O2. The minimum atomic E-state index is -0.601. The number of carbonyl (C=O) groups excluding carboxylic acids is 2. The van der Waals surface area contributed by atoms with E-state index < -0.39 is 5.38 Å². The second kappa shape index (κ2) is 7.36. The molecule has 1 saturated carbocycles. The molecule has 2 N–H and O–H groups in total. The lowest BCUT2D eigenvalue weighted by Crippen LogP contribution is -2.65. The van der Waals surface area contributed by atoms with Crippen molar-refractivity contribution >= 4 is 23.4 Å². The lowest BCUT2D eigenvalue weighted by atomic mass is 9.82. The molecule has 2 amide bonds. The normalized spacial score (nSPS) is 36.9. The van der Waals surface area contributed by atoms with Crippen molar-refractivity contribution in [2.24, 2.45) is 11.8 Å². The van der Waals surface area contributed by atoms with Gasteiger partial charge in [-0.05, 0) is 24.7 Å². The summed E-state index contributed by atoms with van der Waals surface area (Å²) in [6, 6.07) is -0.118. The Balaban J connectivity index is 1.51. The summed E-state index contributed by atoms with van der Waals surface area (Å²) in [5.41, 5.74) is 5.39. The number of nitrogens with one attached hydrogen (secondary N) is 2. The SMILES string of the molecule is CC1CCC(CN2CCN(C3CNNC(=O)C3Cl)CC2=O)CC1. The molecule has 23 heavy (non-hydrogen) atoms. The van der Waals surface area contributed by atoms with Crippen LogP contribution in [0.4, 0.5) is 0 Å². The van der Waals surface area contributed by atoms with E-state index in [-0.39, 0.29) is 17.9 Å². The summed E-state index contributed by atoms with van der Waals surface area (Å²) in [5.74, 6) is 1.45. The quantitative estimate of drug-likeness (QED) is 0.736. The summed E-state index contributed by atoms with van der Waals surface area (Å²) in [5, 5.41) is -0.601. The Hall–Kier alpha value is -0.850. The first-order chi connectivity index (χ1) is 11.0. The van der Waals surface area contributed by atoms with Crippen molar-refractivity contribution in [3.8, 4) is 0 Å². The second-order valence-electron chi connectivity index (χ2n) is 7.28. The molecule has 0 spiro atoms. The Labute approximate surface area is 142 Å². The average molecular weight is 343 g/mol. The highest BCUT2D eigenvalue weighted by atomic mass is 35.5. The van der Waals surface area contributed by atoms with Gasteiger partial charge in [-0.25, -0.2) is 5.43 Å². The number of piperazine rings is 1. The van der Waals surface area contributed by atoms with E-state index in [1.807, 2.05) is 9.80 Å². The lowest BCUT2D eigenvalue weighted by Gasteiger charge is -2.42. The first-order valence-corrected chi connectivity index (χ1v) is 9.17. The molecule has 0 radical (unpaired) electrons. The van der Waals surface area contributed by atoms with Crippen LogP contribution in [0.15, 0.2) is 0 Å². The number of hydrazine groups is 1. The van der Waals surface area contributed by atoms with Gasteiger partial charge in [-0.1, -0.05) is 19.8 Å². The van der Waals surface area contributed by atoms with Crippen molar-refractivity contribution in [1.29, 1.82) is 0 Å². The molecule has 3 rings (SSSR count). The van der Waals surface area contributed by atoms with Crippen molar-refractivity contribution in [2.45, 2.75) is 44.0 Å². The van der Waals surface area contributed by atoms with Gasteiger partial charge in [-0.2, -0.15) is 0 Å². The van der Waals surface area contributed by atoms with Crippen molar-refractivity contribution in [3.05, 3.63) is 0 Å². The van der Waals surface area contributed by atoms with E-state index in [0.717, 1.165) is 25.6 Å². The first kappa shape index (κ1) is 17.0. The van der Waals surface area contributed by atoms with Gasteiger partial charge in [-0.15, -0.1) is 11.6 Å². The maximum Gasteiger partial charge on any atom is 0.253 e. The molecule has 2 aliphatic heterocycles. The fraction of sp³-hybridized carbons (Fsp3) is 0.875. The fourth-order valence-corrected chi connectivity index (χ4v) is 4.23. The number of halogens is 1. The summed E-state index contributed by atoms with van der Waals surface area (Å²) in [4.78, 5) is 28.2. The first-order valence-electron chi connectivity index (χ1n) is 8.73. The topological polar surface area (TPSA) is 64.7 Å². The van der Waals surface area contributed by atoms with Gasteiger partial charge in [0.2, 0.25) is 5.91 Å². The molecule has 0 aromatic carbocycles. The zero-order chi connectivity index (χ0) is 16.4. The second-order valence-corrected chi connectivity index (χ2v) is 7.75. The third-order valence-corrected chi connectivity index (χ3v) is 6.03. The Morgan fingerprint density at radius 3 is 2.61 bits per heavy atom. The highest BCUT2D eigenvalue weighted by molar-refractivity contribution is 6.31. The van der Waals surface area contributed by atoms with E-state index in [0.29, 0.717) is 19.0 Å². The Bertz CT molecular complexity index is 453. The summed E-state index contributed by atoms with van der Waals surface area (Å²) >= 11 is 6.20. The highest BCUT2D eigenvalue weighted by Crippen LogP contribution is 2.29. The Morgan fingerprint density at radius 2 is 1.91 bits per heavy atom. The zero-order valence-electron chi connectivity index (χ0n) is 13.8. The van der Waals surface area contributed by atoms with Gasteiger partial charge in [0.05, 0.1) is 6.54 Å². The summed E-state index contributed by atoms with van der Waals surface area (Å²) in [7, 11) is 0. The van der Waals surface area contributed by atoms with E-state index in [4.69, 9.17) is 11.6 Å². The minimum Gasteiger partial charge on any atom is -0.340 e. The smallest absolute Gasteiger partial charge is 0.253 e. The van der Waals surface area contributed by atoms with Crippen LogP contribution >= 0.6 is 11.6 Å². The molecule has 6 nitrogen and oxygen atoms in total. The molecule has 2 saturated heterocycles. The summed E-state index contributed by atoms with van der Waals surface area (Å²) < 4.78 is 0. The molecule has 2 heterocycles. The molecule has 3 aliphatic rings. The van der Waals surface area contributed by atoms with Crippen molar-refractivity contribution < 1.29 is 9.59 Å². The molecule has 7 heteroatoms. The molecule has 0 aromatic rings. The highest BCUT2D eigenvalue weighted by Gasteiger charge is 2.38. The van der Waals surface area contributed by atoms with Crippen LogP contribution in [0.25, 0.3) is 0 Å². The minimum absolute atomic E-state index is 0.118. The van der Waals surface area contributed by atoms with Crippen molar-refractivity contribution in [2.75, 3.05) is 32.7 Å². The molecule has 2 unspecified atom stereocenters. The van der Waals surface area contributed by atoms with Crippen LogP contribution in [0.5, 0.6) is 0 Å². The molecule has 0 aromatic heterocycles. The molecule has 130 valence electrons. The van der Waals surface area contributed by atoms with Crippen LogP contribution in [0.2, 0.25) is 0 Å². The Kier molecular flexibility index (Phi) is 5.44. The summed E-state index contributed by atoms with van der Waals surface area (Å²) in [6.45, 7) is 5.69. The van der Waals surface area contributed by atoms with Gasteiger partial charge < -0.3 is 4.90 Å². The molecule has 1 aliphatic carbocycles. The van der Waals surface area contributed by atoms with E-state index in [9.17, 15) is 9.59 Å². The maximum absolute atomic E-state index is 12.5. The van der Waals surface area contributed by atoms with Gasteiger partial charge in [-0.3, -0.25) is 19.9 Å². The number of hydrogen-bond acceptors (Lipinski definition) is 4. The number of carbonyl (C=O) groups is 2. The van der Waals surface area contributed by atoms with E-state index >= 15 is 0 Å². The number of rotatable bonds is 3. The number of alkyl halides is 1. The van der Waals surface area contributed by atoms with Crippen LogP contribution in [0.1, 0.15) is 32.6 Å². The van der Waals surface area contributed by atoms with E-state index in [1.54, 1.807) is 0 Å². The lowest BCUT2D eigenvalue weighted by molar-refractivity contribution is -0.139. The van der Waals surface area contributed by atoms with Crippen LogP contribution in [-0.2, 0) is 9.59 Å². The molecule has 2 atom stereocenters. The van der Waals surface area contributed by atoms with Crippen LogP contribution < -0.4 is 10.9 Å². The number of hydrogen-bond donors (Lipinski definition) is 2. The molecular weight excluding hydrogens is 316 g/mol. The predicted octanol–water partition coefficient (Wildman–Crippen LogP) is 0.567. The Morgan fingerprint density at radius 1 is 1.17 bits per heavy atom. The van der Waals surface area contributed by atoms with Gasteiger partial charge in [0, 0.05) is 32.2 Å². The number of amides is 2. The van der Waals surface area contributed by atoms with Crippen LogP contribution in [-0.4, -0.2) is 65.8 Å². The third kappa shape index (κ3) is 3.98. The standard InChI is InChI=1S/C16H27ClN4O2/c1-11-2-4-12(5-3-11)9-21-7-6-20(10-14(21)22)13-8-18-19-16(23)15(13)17/h11-13,15,18H,2-10H2,1H3,(H,19,23). The largest absolute Gasteiger partial charge is 0.340 e. The zero-order valence-corrected chi connectivity index (χ0v) is 14.5. The predicted molar refractivity (Wildman–Crippen MR) is 88.8 cm³/mol. The molecule has 3 fully saturated rings. The average Bonchev–Trinajstić information content (AvgIpc) is 2.54. The monoisotopic (exact) mass is 342 g/mol. The van der Waals surface area contributed by atoms with Gasteiger partial charge in [0.1, 0.15) is 5.38 Å². The van der Waals surface area contributed by atoms with Crippen LogP contribution in [0.3, 0.4) is 0 Å². The van der Waals surface area contributed by atoms with Gasteiger partial charge in [0.15, 0.2) is 0 Å². The fourth-order valence-electron chi connectivity index (χ4n) is 3.93.